The molecule has 6 nitrogen and oxygen atoms in total. The van der Waals surface area contributed by atoms with Gasteiger partial charge in [-0.1, -0.05) is 18.2 Å². The zero-order valence-corrected chi connectivity index (χ0v) is 14.5. The second-order valence-corrected chi connectivity index (χ2v) is 7.64. The van der Waals surface area contributed by atoms with Crippen LogP contribution in [-0.4, -0.2) is 46.5 Å². The quantitative estimate of drug-likeness (QED) is 0.826. The van der Waals surface area contributed by atoms with Crippen LogP contribution < -0.4 is 15.4 Å². The Morgan fingerprint density at radius 2 is 1.67 bits per heavy atom. The molecule has 24 heavy (non-hydrogen) atoms. The Labute approximate surface area is 142 Å². The van der Waals surface area contributed by atoms with E-state index in [1.54, 1.807) is 36.4 Å². The van der Waals surface area contributed by atoms with Crippen molar-refractivity contribution in [3.05, 3.63) is 48.5 Å². The summed E-state index contributed by atoms with van der Waals surface area (Å²) >= 11 is 0. The first-order valence-electron chi connectivity index (χ1n) is 7.86. The smallest absolute Gasteiger partial charge is 0.264 e. The Morgan fingerprint density at radius 1 is 1.00 bits per heavy atom. The number of nitrogens with two attached hydrogens (primary N) is 1. The van der Waals surface area contributed by atoms with Crippen LogP contribution in [0.2, 0.25) is 0 Å². The Balaban J connectivity index is 1.95. The summed E-state index contributed by atoms with van der Waals surface area (Å²) in [5.41, 5.74) is 7.51. The van der Waals surface area contributed by atoms with Gasteiger partial charge in [-0.3, -0.25) is 4.72 Å². The Kier molecular flexibility index (Phi) is 4.64. The second-order valence-electron chi connectivity index (χ2n) is 5.99. The molecule has 7 heteroatoms. The predicted octanol–water partition coefficient (Wildman–Crippen LogP) is 1.82. The van der Waals surface area contributed by atoms with Crippen LogP contribution in [0, 0.1) is 0 Å². The fourth-order valence-electron chi connectivity index (χ4n) is 2.77. The van der Waals surface area contributed by atoms with Gasteiger partial charge in [0.1, 0.15) is 4.90 Å². The van der Waals surface area contributed by atoms with Crippen molar-refractivity contribution in [2.75, 3.05) is 48.6 Å². The monoisotopic (exact) mass is 346 g/mol. The van der Waals surface area contributed by atoms with Gasteiger partial charge in [0.25, 0.3) is 10.0 Å². The number of likely N-dealkylation sites (N-methyl/N-ethyl adjacent to an activating group) is 1. The van der Waals surface area contributed by atoms with Gasteiger partial charge in [-0.25, -0.2) is 8.42 Å². The molecular formula is C17H22N4O2S. The molecule has 0 saturated carbocycles. The number of nitrogen functional groups attached to an aromatic ring is 1. The molecule has 1 heterocycles. The highest BCUT2D eigenvalue weighted by Gasteiger charge is 2.24. The number of piperazine rings is 1. The number of anilines is 3. The maximum Gasteiger partial charge on any atom is 0.264 e. The van der Waals surface area contributed by atoms with Crippen LogP contribution in [0.5, 0.6) is 0 Å². The topological polar surface area (TPSA) is 78.7 Å². The first kappa shape index (κ1) is 16.6. The summed E-state index contributed by atoms with van der Waals surface area (Å²) in [5.74, 6) is 0. The van der Waals surface area contributed by atoms with E-state index in [-0.39, 0.29) is 4.90 Å². The van der Waals surface area contributed by atoms with Crippen LogP contribution in [0.15, 0.2) is 53.4 Å². The largest absolute Gasteiger partial charge is 0.399 e. The summed E-state index contributed by atoms with van der Waals surface area (Å²) in [7, 11) is -1.65. The molecule has 3 N–H and O–H groups in total. The molecule has 0 atom stereocenters. The van der Waals surface area contributed by atoms with Gasteiger partial charge in [-0.2, -0.15) is 0 Å². The third-order valence-corrected chi connectivity index (χ3v) is 5.55. The average molecular weight is 346 g/mol. The van der Waals surface area contributed by atoms with Crippen molar-refractivity contribution >= 4 is 27.1 Å². The predicted molar refractivity (Wildman–Crippen MR) is 97.8 cm³/mol. The van der Waals surface area contributed by atoms with Crippen molar-refractivity contribution in [2.24, 2.45) is 0 Å². The molecule has 0 radical (unpaired) electrons. The number of rotatable bonds is 4. The third-order valence-electron chi connectivity index (χ3n) is 4.14. The molecule has 0 unspecified atom stereocenters. The molecule has 1 saturated heterocycles. The Hall–Kier alpha value is -2.25. The molecule has 0 spiro atoms. The molecule has 1 fully saturated rings. The lowest BCUT2D eigenvalue weighted by atomic mass is 10.2. The molecule has 2 aromatic rings. The second kappa shape index (κ2) is 6.70. The number of nitrogens with zero attached hydrogens (tertiary/aromatic N) is 2. The summed E-state index contributed by atoms with van der Waals surface area (Å²) in [6, 6.07) is 13.9. The summed E-state index contributed by atoms with van der Waals surface area (Å²) in [6.07, 6.45) is 0. The summed E-state index contributed by atoms with van der Waals surface area (Å²) in [4.78, 5) is 4.54. The van der Waals surface area contributed by atoms with Crippen LogP contribution >= 0.6 is 0 Å². The lowest BCUT2D eigenvalue weighted by Gasteiger charge is -2.35. The standard InChI is InChI=1S/C17H22N4O2S/c1-20-9-11-21(12-10-20)16-8-7-14(18)13-17(16)24(22,23)19-15-5-3-2-4-6-15/h2-8,13,19H,9-12,18H2,1H3. The lowest BCUT2D eigenvalue weighted by molar-refractivity contribution is 0.312. The zero-order chi connectivity index (χ0) is 17.2. The SMILES string of the molecule is CN1CCN(c2ccc(N)cc2S(=O)(=O)Nc2ccccc2)CC1. The van der Waals surface area contributed by atoms with Gasteiger partial charge < -0.3 is 15.5 Å². The summed E-state index contributed by atoms with van der Waals surface area (Å²) in [6.45, 7) is 3.37. The molecule has 0 bridgehead atoms. The number of sulfonamides is 1. The van der Waals surface area contributed by atoms with E-state index in [0.29, 0.717) is 17.1 Å². The van der Waals surface area contributed by atoms with Gasteiger partial charge in [0.15, 0.2) is 0 Å². The molecule has 1 aliphatic rings. The first-order valence-corrected chi connectivity index (χ1v) is 9.35. The van der Waals surface area contributed by atoms with Gasteiger partial charge in [-0.15, -0.1) is 0 Å². The first-order chi connectivity index (χ1) is 11.5. The molecule has 2 aromatic carbocycles. The highest BCUT2D eigenvalue weighted by molar-refractivity contribution is 7.92. The highest BCUT2D eigenvalue weighted by Crippen LogP contribution is 2.29. The normalized spacial score (nSPS) is 16.1. The van der Waals surface area contributed by atoms with Crippen molar-refractivity contribution in [3.8, 4) is 0 Å². The molecule has 3 rings (SSSR count). The molecule has 1 aliphatic heterocycles. The Bertz CT molecular complexity index is 801. The zero-order valence-electron chi connectivity index (χ0n) is 13.6. The highest BCUT2D eigenvalue weighted by atomic mass is 32.2. The number of nitrogens with one attached hydrogen (secondary N) is 1. The van der Waals surface area contributed by atoms with Crippen LogP contribution in [0.25, 0.3) is 0 Å². The maximum atomic E-state index is 12.9. The van der Waals surface area contributed by atoms with Crippen molar-refractivity contribution in [3.63, 3.8) is 0 Å². The van der Waals surface area contributed by atoms with Crippen LogP contribution in [0.3, 0.4) is 0 Å². The summed E-state index contributed by atoms with van der Waals surface area (Å²) in [5, 5.41) is 0. The van der Waals surface area contributed by atoms with Gasteiger partial charge in [0, 0.05) is 37.6 Å². The van der Waals surface area contributed by atoms with Gasteiger partial charge in [-0.05, 0) is 37.4 Å². The van der Waals surface area contributed by atoms with E-state index < -0.39 is 10.0 Å². The van der Waals surface area contributed by atoms with Crippen LogP contribution in [0.4, 0.5) is 17.1 Å². The lowest BCUT2D eigenvalue weighted by Crippen LogP contribution is -2.45. The molecule has 128 valence electrons. The number of hydrogen-bond donors (Lipinski definition) is 2. The van der Waals surface area contributed by atoms with Crippen molar-refractivity contribution in [2.45, 2.75) is 4.90 Å². The molecule has 0 amide bonds. The molecule has 0 aliphatic carbocycles. The Morgan fingerprint density at radius 3 is 2.33 bits per heavy atom. The third kappa shape index (κ3) is 3.63. The average Bonchev–Trinajstić information content (AvgIpc) is 2.56. The van der Waals surface area contributed by atoms with E-state index in [1.165, 1.54) is 6.07 Å². The summed E-state index contributed by atoms with van der Waals surface area (Å²) < 4.78 is 28.4. The van der Waals surface area contributed by atoms with Crippen LogP contribution in [-0.2, 0) is 10.0 Å². The fourth-order valence-corrected chi connectivity index (χ4v) is 4.09. The number of para-hydroxylation sites is 1. The minimum absolute atomic E-state index is 0.218. The van der Waals surface area contributed by atoms with Crippen LogP contribution in [0.1, 0.15) is 0 Å². The van der Waals surface area contributed by atoms with Crippen molar-refractivity contribution in [1.29, 1.82) is 0 Å². The molecular weight excluding hydrogens is 324 g/mol. The number of benzene rings is 2. The van der Waals surface area contributed by atoms with E-state index in [2.05, 4.69) is 21.6 Å². The molecule has 0 aromatic heterocycles. The van der Waals surface area contributed by atoms with Crippen molar-refractivity contribution < 1.29 is 8.42 Å². The van der Waals surface area contributed by atoms with E-state index in [0.717, 1.165) is 26.2 Å². The van der Waals surface area contributed by atoms with Gasteiger partial charge in [0.2, 0.25) is 0 Å². The van der Waals surface area contributed by atoms with E-state index in [1.807, 2.05) is 6.07 Å². The van der Waals surface area contributed by atoms with E-state index in [9.17, 15) is 8.42 Å². The van der Waals surface area contributed by atoms with E-state index >= 15 is 0 Å². The van der Waals surface area contributed by atoms with Gasteiger partial charge >= 0.3 is 0 Å². The van der Waals surface area contributed by atoms with Gasteiger partial charge in [0.05, 0.1) is 5.69 Å². The van der Waals surface area contributed by atoms with E-state index in [4.69, 9.17) is 5.73 Å². The minimum Gasteiger partial charge on any atom is -0.399 e. The van der Waals surface area contributed by atoms with Crippen molar-refractivity contribution in [1.82, 2.24) is 4.90 Å². The number of hydrogen-bond acceptors (Lipinski definition) is 5. The maximum absolute atomic E-state index is 12.9. The minimum atomic E-state index is -3.71. The fraction of sp³-hybridized carbons (Fsp3) is 0.294.